The number of nitrogens with zero attached hydrogens (tertiary/aromatic N) is 5. The Balaban J connectivity index is 1.39. The van der Waals surface area contributed by atoms with Gasteiger partial charge in [0.05, 0.1) is 11.4 Å². The number of rotatable bonds is 10. The van der Waals surface area contributed by atoms with Gasteiger partial charge in [-0.3, -0.25) is 14.3 Å². The lowest BCUT2D eigenvalue weighted by Crippen LogP contribution is -2.29. The molecule has 1 amide bonds. The lowest BCUT2D eigenvalue weighted by atomic mass is 10.1. The highest BCUT2D eigenvalue weighted by Gasteiger charge is 2.17. The number of carbonyl (C=O) groups is 1. The average Bonchev–Trinajstić information content (AvgIpc) is 3.32. The maximum atomic E-state index is 12.5. The molecule has 2 aromatic heterocycles. The number of aromatic nitrogens is 4. The first-order valence-corrected chi connectivity index (χ1v) is 12.6. The van der Waals surface area contributed by atoms with Crippen molar-refractivity contribution in [2.24, 2.45) is 0 Å². The number of pyridine rings is 1. The number of para-hydroxylation sites is 1. The number of anilines is 1. The van der Waals surface area contributed by atoms with Gasteiger partial charge in [0, 0.05) is 43.8 Å². The van der Waals surface area contributed by atoms with Crippen molar-refractivity contribution in [3.8, 4) is 17.1 Å². The van der Waals surface area contributed by atoms with Crippen LogP contribution in [0.1, 0.15) is 17.5 Å². The zero-order chi connectivity index (χ0) is 24.6. The average molecular weight is 487 g/mol. The second-order valence-corrected chi connectivity index (χ2v) is 9.34. The number of amides is 1. The van der Waals surface area contributed by atoms with Crippen LogP contribution in [0.25, 0.3) is 17.1 Å². The minimum Gasteiger partial charge on any atom is -0.375 e. The molecule has 7 nitrogen and oxygen atoms in total. The summed E-state index contributed by atoms with van der Waals surface area (Å²) in [5.41, 5.74) is 5.47. The number of thioether (sulfide) groups is 1. The van der Waals surface area contributed by atoms with Crippen molar-refractivity contribution in [3.05, 3.63) is 84.2 Å². The van der Waals surface area contributed by atoms with Crippen LogP contribution in [0.4, 0.5) is 5.69 Å². The Morgan fingerprint density at radius 2 is 1.77 bits per heavy atom. The van der Waals surface area contributed by atoms with Gasteiger partial charge >= 0.3 is 0 Å². The molecule has 0 unspecified atom stereocenters. The minimum absolute atomic E-state index is 0.0162. The summed E-state index contributed by atoms with van der Waals surface area (Å²) in [6.45, 7) is 5.67. The molecule has 180 valence electrons. The van der Waals surface area contributed by atoms with Crippen LogP contribution in [-0.2, 0) is 4.79 Å². The molecule has 0 atom stereocenters. The number of hydrogen-bond donors (Lipinski definition) is 1. The lowest BCUT2D eigenvalue weighted by Gasteiger charge is -2.19. The molecule has 35 heavy (non-hydrogen) atoms. The van der Waals surface area contributed by atoms with Gasteiger partial charge < -0.3 is 10.2 Å². The Bertz CT molecular complexity index is 1260. The molecule has 0 saturated carbocycles. The summed E-state index contributed by atoms with van der Waals surface area (Å²) < 4.78 is 2.01. The highest BCUT2D eigenvalue weighted by molar-refractivity contribution is 7.99. The number of nitrogens with one attached hydrogen (secondary N) is 1. The SMILES string of the molecule is Cc1ccc(-n2c(SCC(=O)NCCCN(C)c3ccccc3)nnc2-c2ccncc2)cc1C. The number of hydrogen-bond acceptors (Lipinski definition) is 6. The van der Waals surface area contributed by atoms with E-state index >= 15 is 0 Å². The van der Waals surface area contributed by atoms with E-state index < -0.39 is 0 Å². The van der Waals surface area contributed by atoms with Crippen molar-refractivity contribution in [1.82, 2.24) is 25.1 Å². The summed E-state index contributed by atoms with van der Waals surface area (Å²) in [6.07, 6.45) is 4.35. The first-order chi connectivity index (χ1) is 17.0. The zero-order valence-corrected chi connectivity index (χ0v) is 21.1. The van der Waals surface area contributed by atoms with E-state index in [4.69, 9.17) is 0 Å². The first-order valence-electron chi connectivity index (χ1n) is 11.6. The van der Waals surface area contributed by atoms with Gasteiger partial charge in [-0.1, -0.05) is 36.0 Å². The quantitative estimate of drug-likeness (QED) is 0.259. The molecule has 0 aliphatic heterocycles. The van der Waals surface area contributed by atoms with E-state index in [1.807, 2.05) is 34.9 Å². The van der Waals surface area contributed by atoms with Crippen LogP contribution in [0.2, 0.25) is 0 Å². The van der Waals surface area contributed by atoms with E-state index in [0.717, 1.165) is 30.0 Å². The Kier molecular flexibility index (Phi) is 8.15. The Hall–Kier alpha value is -3.65. The number of benzene rings is 2. The molecule has 0 fully saturated rings. The van der Waals surface area contributed by atoms with Gasteiger partial charge in [0.1, 0.15) is 0 Å². The zero-order valence-electron chi connectivity index (χ0n) is 20.3. The highest BCUT2D eigenvalue weighted by atomic mass is 32.2. The molecule has 4 rings (SSSR count). The Labute approximate surface area is 210 Å². The van der Waals surface area contributed by atoms with Crippen molar-refractivity contribution in [2.45, 2.75) is 25.4 Å². The van der Waals surface area contributed by atoms with Crippen molar-refractivity contribution < 1.29 is 4.79 Å². The Morgan fingerprint density at radius 1 is 1.00 bits per heavy atom. The summed E-state index contributed by atoms with van der Waals surface area (Å²) in [5, 5.41) is 12.6. The van der Waals surface area contributed by atoms with E-state index in [9.17, 15) is 4.79 Å². The van der Waals surface area contributed by atoms with Gasteiger partial charge in [-0.05, 0) is 67.8 Å². The van der Waals surface area contributed by atoms with Crippen LogP contribution >= 0.6 is 11.8 Å². The van der Waals surface area contributed by atoms with Crippen molar-refractivity contribution in [1.29, 1.82) is 0 Å². The molecule has 2 heterocycles. The normalized spacial score (nSPS) is 10.8. The molecule has 8 heteroatoms. The van der Waals surface area contributed by atoms with Crippen molar-refractivity contribution in [2.75, 3.05) is 30.8 Å². The molecule has 4 aromatic rings. The maximum Gasteiger partial charge on any atom is 0.230 e. The fourth-order valence-electron chi connectivity index (χ4n) is 3.69. The summed E-state index contributed by atoms with van der Waals surface area (Å²) >= 11 is 1.39. The second kappa shape index (κ2) is 11.7. The van der Waals surface area contributed by atoms with E-state index in [2.05, 4.69) is 76.6 Å². The van der Waals surface area contributed by atoms with E-state index in [1.165, 1.54) is 28.6 Å². The Morgan fingerprint density at radius 3 is 2.51 bits per heavy atom. The third kappa shape index (κ3) is 6.27. The molecule has 0 spiro atoms. The fourth-order valence-corrected chi connectivity index (χ4v) is 4.47. The first kappa shape index (κ1) is 24.5. The van der Waals surface area contributed by atoms with E-state index in [1.54, 1.807) is 12.4 Å². The number of carbonyl (C=O) groups excluding carboxylic acids is 1. The van der Waals surface area contributed by atoms with Gasteiger partial charge in [0.25, 0.3) is 0 Å². The van der Waals surface area contributed by atoms with Crippen LogP contribution in [0, 0.1) is 13.8 Å². The summed E-state index contributed by atoms with van der Waals surface area (Å²) in [5.74, 6) is 0.980. The molecule has 0 bridgehead atoms. The van der Waals surface area contributed by atoms with Crippen LogP contribution in [0.15, 0.2) is 78.2 Å². The smallest absolute Gasteiger partial charge is 0.230 e. The van der Waals surface area contributed by atoms with Crippen LogP contribution in [0.5, 0.6) is 0 Å². The largest absolute Gasteiger partial charge is 0.375 e. The van der Waals surface area contributed by atoms with Gasteiger partial charge in [0.15, 0.2) is 11.0 Å². The van der Waals surface area contributed by atoms with Gasteiger partial charge in [-0.2, -0.15) is 0 Å². The minimum atomic E-state index is -0.0162. The van der Waals surface area contributed by atoms with Gasteiger partial charge in [-0.15, -0.1) is 10.2 Å². The van der Waals surface area contributed by atoms with Gasteiger partial charge in [0.2, 0.25) is 5.91 Å². The van der Waals surface area contributed by atoms with Crippen LogP contribution in [0.3, 0.4) is 0 Å². The third-order valence-corrected chi connectivity index (χ3v) is 6.77. The molecule has 0 saturated heterocycles. The number of aryl methyl sites for hydroxylation is 2. The molecule has 1 N–H and O–H groups in total. The van der Waals surface area contributed by atoms with Crippen molar-refractivity contribution in [3.63, 3.8) is 0 Å². The molecular formula is C27H30N6OS. The molecule has 2 aromatic carbocycles. The fraction of sp³-hybridized carbons (Fsp3) is 0.259. The molecule has 0 radical (unpaired) electrons. The lowest BCUT2D eigenvalue weighted by molar-refractivity contribution is -0.118. The predicted molar refractivity (Wildman–Crippen MR) is 142 cm³/mol. The van der Waals surface area contributed by atoms with Crippen LogP contribution in [-0.4, -0.2) is 51.5 Å². The highest BCUT2D eigenvalue weighted by Crippen LogP contribution is 2.28. The standard InChI is InChI=1S/C27H30N6OS/c1-20-10-11-24(18-21(20)2)33-26(22-12-15-28-16-13-22)30-31-27(33)35-19-25(34)29-14-7-17-32(3)23-8-5-4-6-9-23/h4-6,8-13,15-16,18H,7,14,17,19H2,1-3H3,(H,29,34). The topological polar surface area (TPSA) is 75.9 Å². The summed E-state index contributed by atoms with van der Waals surface area (Å²) in [7, 11) is 2.06. The summed E-state index contributed by atoms with van der Waals surface area (Å²) in [6, 6.07) is 20.3. The van der Waals surface area contributed by atoms with Crippen molar-refractivity contribution >= 4 is 23.4 Å². The van der Waals surface area contributed by atoms with E-state index in [0.29, 0.717) is 11.7 Å². The van der Waals surface area contributed by atoms with Gasteiger partial charge in [-0.25, -0.2) is 0 Å². The molecular weight excluding hydrogens is 456 g/mol. The predicted octanol–water partition coefficient (Wildman–Crippen LogP) is 4.68. The maximum absolute atomic E-state index is 12.5. The molecule has 0 aliphatic carbocycles. The molecule has 0 aliphatic rings. The summed E-state index contributed by atoms with van der Waals surface area (Å²) in [4.78, 5) is 18.8. The second-order valence-electron chi connectivity index (χ2n) is 8.40. The van der Waals surface area contributed by atoms with E-state index in [-0.39, 0.29) is 11.7 Å². The third-order valence-electron chi connectivity index (χ3n) is 5.84. The van der Waals surface area contributed by atoms with Crippen LogP contribution < -0.4 is 10.2 Å². The monoisotopic (exact) mass is 486 g/mol.